The molecule has 2 N–H and O–H groups in total. The van der Waals surface area contributed by atoms with Crippen molar-refractivity contribution >= 4 is 17.7 Å². The van der Waals surface area contributed by atoms with Crippen LogP contribution >= 0.6 is 11.6 Å². The van der Waals surface area contributed by atoms with E-state index in [0.717, 1.165) is 43.9 Å². The summed E-state index contributed by atoms with van der Waals surface area (Å²) in [6.45, 7) is 2.83. The molecule has 27 heavy (non-hydrogen) atoms. The molecule has 0 radical (unpaired) electrons. The highest BCUT2D eigenvalue weighted by atomic mass is 35.5. The number of halogens is 1. The molecule has 1 heterocycles. The van der Waals surface area contributed by atoms with Crippen LogP contribution in [-0.2, 0) is 5.41 Å². The smallest absolute Gasteiger partial charge is 0.404 e. The average molecular weight is 383 g/mol. The lowest BCUT2D eigenvalue weighted by Crippen LogP contribution is -2.48. The zero-order valence-corrected chi connectivity index (χ0v) is 15.9. The fourth-order valence-corrected chi connectivity index (χ4v) is 5.78. The number of piperidine rings is 1. The summed E-state index contributed by atoms with van der Waals surface area (Å²) >= 11 is 6.38. The number of benzene rings is 2. The van der Waals surface area contributed by atoms with Gasteiger partial charge in [-0.15, -0.1) is 0 Å². The second kappa shape index (κ2) is 6.25. The Labute approximate surface area is 164 Å². The van der Waals surface area contributed by atoms with Gasteiger partial charge in [0.05, 0.1) is 0 Å². The van der Waals surface area contributed by atoms with Crippen molar-refractivity contribution < 1.29 is 9.90 Å². The van der Waals surface area contributed by atoms with Gasteiger partial charge in [-0.05, 0) is 53.6 Å². The Morgan fingerprint density at radius 2 is 1.89 bits per heavy atom. The molecule has 1 fully saturated rings. The number of nitrogens with one attached hydrogen (secondary N) is 1. The van der Waals surface area contributed by atoms with E-state index in [2.05, 4.69) is 46.6 Å². The summed E-state index contributed by atoms with van der Waals surface area (Å²) in [5.41, 5.74) is 5.75. The molecule has 1 aliphatic heterocycles. The first-order chi connectivity index (χ1) is 13.1. The number of likely N-dealkylation sites (tertiary alicyclic amines) is 1. The summed E-state index contributed by atoms with van der Waals surface area (Å²) in [5, 5.41) is 12.4. The molecule has 0 spiro atoms. The summed E-state index contributed by atoms with van der Waals surface area (Å²) in [6, 6.07) is 15.3. The Balaban J connectivity index is 1.46. The number of amides is 1. The van der Waals surface area contributed by atoms with Crippen LogP contribution < -0.4 is 5.32 Å². The Kier molecular flexibility index (Phi) is 3.95. The van der Waals surface area contributed by atoms with Crippen molar-refractivity contribution in [1.29, 1.82) is 0 Å². The largest absolute Gasteiger partial charge is 0.465 e. The van der Waals surface area contributed by atoms with Crippen molar-refractivity contribution in [3.8, 4) is 0 Å². The minimum atomic E-state index is -0.918. The maximum Gasteiger partial charge on any atom is 0.404 e. The highest BCUT2D eigenvalue weighted by Gasteiger charge is 2.53. The van der Waals surface area contributed by atoms with Gasteiger partial charge in [0.15, 0.2) is 0 Å². The predicted octanol–water partition coefficient (Wildman–Crippen LogP) is 4.21. The molecular weight excluding hydrogens is 360 g/mol. The predicted molar refractivity (Wildman–Crippen MR) is 106 cm³/mol. The number of nitrogens with zero attached hydrogens (tertiary/aromatic N) is 1. The highest BCUT2D eigenvalue weighted by Crippen LogP contribution is 2.60. The first kappa shape index (κ1) is 17.1. The maximum atomic E-state index is 10.9. The van der Waals surface area contributed by atoms with Crippen molar-refractivity contribution in [3.63, 3.8) is 0 Å². The second-order valence-electron chi connectivity index (χ2n) is 8.16. The van der Waals surface area contributed by atoms with Crippen LogP contribution in [0.1, 0.15) is 47.4 Å². The SMILES string of the molecule is O=C(O)NC1CCN(CC23CC(c4ccccc42)c2ccc(Cl)cc23)CC1. The molecule has 1 saturated heterocycles. The summed E-state index contributed by atoms with van der Waals surface area (Å²) in [7, 11) is 0. The molecule has 2 bridgehead atoms. The highest BCUT2D eigenvalue weighted by molar-refractivity contribution is 6.30. The van der Waals surface area contributed by atoms with Crippen molar-refractivity contribution in [2.75, 3.05) is 19.6 Å². The standard InChI is InChI=1S/C22H23ClN2O2/c23-14-5-6-17-18-12-22(20(17)11-14,19-4-2-1-3-16(18)19)13-25-9-7-15(8-10-25)24-21(26)27/h1-6,11,15,18,24H,7-10,12-13H2,(H,26,27). The topological polar surface area (TPSA) is 52.6 Å². The molecule has 1 amide bonds. The van der Waals surface area contributed by atoms with E-state index in [1.807, 2.05) is 6.07 Å². The number of hydrogen-bond donors (Lipinski definition) is 2. The van der Waals surface area contributed by atoms with Gasteiger partial charge in [-0.1, -0.05) is 41.9 Å². The third-order valence-corrected chi connectivity index (χ3v) is 6.95. The molecule has 140 valence electrons. The fraction of sp³-hybridized carbons (Fsp3) is 0.409. The molecule has 2 aliphatic carbocycles. The lowest BCUT2D eigenvalue weighted by molar-refractivity contribution is 0.156. The van der Waals surface area contributed by atoms with Gasteiger partial charge in [-0.25, -0.2) is 4.79 Å². The minimum Gasteiger partial charge on any atom is -0.465 e. The van der Waals surface area contributed by atoms with Gasteiger partial charge >= 0.3 is 6.09 Å². The molecule has 0 saturated carbocycles. The van der Waals surface area contributed by atoms with Crippen LogP contribution in [0.15, 0.2) is 42.5 Å². The maximum absolute atomic E-state index is 10.9. The number of fused-ring (bicyclic) bond motifs is 8. The molecule has 3 aliphatic rings. The summed E-state index contributed by atoms with van der Waals surface area (Å²) in [6.07, 6.45) is 1.94. The van der Waals surface area contributed by atoms with Crippen molar-refractivity contribution in [3.05, 3.63) is 69.7 Å². The number of carboxylic acid groups (broad SMARTS) is 1. The van der Waals surface area contributed by atoms with Gasteiger partial charge in [0.25, 0.3) is 0 Å². The van der Waals surface area contributed by atoms with Gasteiger partial charge in [0.2, 0.25) is 0 Å². The fourth-order valence-electron chi connectivity index (χ4n) is 5.61. The van der Waals surface area contributed by atoms with Gasteiger partial charge in [-0.3, -0.25) is 0 Å². The molecule has 5 rings (SSSR count). The van der Waals surface area contributed by atoms with E-state index in [1.54, 1.807) is 0 Å². The Bertz CT molecular complexity index is 907. The molecule has 4 nitrogen and oxygen atoms in total. The molecule has 0 aromatic heterocycles. The van der Waals surface area contributed by atoms with Crippen molar-refractivity contribution in [2.24, 2.45) is 0 Å². The number of hydrogen-bond acceptors (Lipinski definition) is 2. The summed E-state index contributed by atoms with van der Waals surface area (Å²) < 4.78 is 0. The van der Waals surface area contributed by atoms with Crippen LogP contribution in [0.2, 0.25) is 5.02 Å². The monoisotopic (exact) mass is 382 g/mol. The van der Waals surface area contributed by atoms with Gasteiger partial charge in [0.1, 0.15) is 0 Å². The van der Waals surface area contributed by atoms with E-state index < -0.39 is 6.09 Å². The van der Waals surface area contributed by atoms with E-state index >= 15 is 0 Å². The van der Waals surface area contributed by atoms with Crippen molar-refractivity contribution in [1.82, 2.24) is 10.2 Å². The van der Waals surface area contributed by atoms with E-state index in [-0.39, 0.29) is 11.5 Å². The van der Waals surface area contributed by atoms with Gasteiger partial charge in [-0.2, -0.15) is 0 Å². The normalized spacial score (nSPS) is 26.6. The number of rotatable bonds is 3. The number of carbonyl (C=O) groups is 1. The van der Waals surface area contributed by atoms with E-state index in [4.69, 9.17) is 16.7 Å². The lowest BCUT2D eigenvalue weighted by Gasteiger charge is -2.39. The summed E-state index contributed by atoms with van der Waals surface area (Å²) in [5.74, 6) is 0.472. The van der Waals surface area contributed by atoms with E-state index in [1.165, 1.54) is 22.3 Å². The third kappa shape index (κ3) is 2.66. The van der Waals surface area contributed by atoms with E-state index in [0.29, 0.717) is 5.92 Å². The first-order valence-electron chi connectivity index (χ1n) is 9.68. The third-order valence-electron chi connectivity index (χ3n) is 6.72. The van der Waals surface area contributed by atoms with Crippen LogP contribution in [-0.4, -0.2) is 41.8 Å². The van der Waals surface area contributed by atoms with Crippen LogP contribution in [0.4, 0.5) is 4.79 Å². The first-order valence-corrected chi connectivity index (χ1v) is 10.1. The molecule has 5 heteroatoms. The zero-order valence-electron chi connectivity index (χ0n) is 15.1. The molecule has 2 aromatic rings. The molecule has 2 aromatic carbocycles. The zero-order chi connectivity index (χ0) is 18.6. The molecular formula is C22H23ClN2O2. The quantitative estimate of drug-likeness (QED) is 0.836. The van der Waals surface area contributed by atoms with Crippen molar-refractivity contribution in [2.45, 2.75) is 36.6 Å². The van der Waals surface area contributed by atoms with Gasteiger partial charge < -0.3 is 15.3 Å². The Morgan fingerprint density at radius 1 is 1.15 bits per heavy atom. The minimum absolute atomic E-state index is 0.00849. The second-order valence-corrected chi connectivity index (χ2v) is 8.59. The molecule has 2 unspecified atom stereocenters. The van der Waals surface area contributed by atoms with E-state index in [9.17, 15) is 4.79 Å². The Morgan fingerprint density at radius 3 is 2.67 bits per heavy atom. The lowest BCUT2D eigenvalue weighted by atomic mass is 9.74. The van der Waals surface area contributed by atoms with Crippen LogP contribution in [0.3, 0.4) is 0 Å². The van der Waals surface area contributed by atoms with Crippen LogP contribution in [0, 0.1) is 0 Å². The van der Waals surface area contributed by atoms with Crippen LogP contribution in [0.25, 0.3) is 0 Å². The van der Waals surface area contributed by atoms with Crippen LogP contribution in [0.5, 0.6) is 0 Å². The average Bonchev–Trinajstić information content (AvgIpc) is 3.15. The summed E-state index contributed by atoms with van der Waals surface area (Å²) in [4.78, 5) is 13.4. The molecule has 2 atom stereocenters. The Hall–Kier alpha value is -2.04. The van der Waals surface area contributed by atoms with Gasteiger partial charge in [0, 0.05) is 42.0 Å².